The number of amides is 1. The SMILES string of the molecule is N#Cc1cccc(C(=O)N2CCC[C@@H]3[C@H]2CCN3c2ncnc3[nH]ccc23)c1. The van der Waals surface area contributed by atoms with Gasteiger partial charge in [-0.3, -0.25) is 4.79 Å². The van der Waals surface area contributed by atoms with Gasteiger partial charge in [-0.25, -0.2) is 9.97 Å². The Kier molecular flexibility index (Phi) is 3.97. The number of piperidine rings is 1. The number of hydrogen-bond acceptors (Lipinski definition) is 5. The highest BCUT2D eigenvalue weighted by molar-refractivity contribution is 5.95. The average Bonchev–Trinajstić information content (AvgIpc) is 3.40. The highest BCUT2D eigenvalue weighted by atomic mass is 16.2. The van der Waals surface area contributed by atoms with Gasteiger partial charge in [-0.05, 0) is 43.5 Å². The van der Waals surface area contributed by atoms with Gasteiger partial charge >= 0.3 is 0 Å². The molecule has 2 aromatic heterocycles. The summed E-state index contributed by atoms with van der Waals surface area (Å²) in [6, 6.07) is 11.5. The second-order valence-electron chi connectivity index (χ2n) is 7.39. The number of hydrogen-bond donors (Lipinski definition) is 1. The molecular weight excluding hydrogens is 352 g/mol. The Bertz CT molecular complexity index is 1080. The summed E-state index contributed by atoms with van der Waals surface area (Å²) < 4.78 is 0. The van der Waals surface area contributed by atoms with Crippen molar-refractivity contribution in [2.45, 2.75) is 31.3 Å². The van der Waals surface area contributed by atoms with E-state index in [1.165, 1.54) is 0 Å². The number of carbonyl (C=O) groups excluding carboxylic acids is 1. The summed E-state index contributed by atoms with van der Waals surface area (Å²) in [5.74, 6) is 0.961. The van der Waals surface area contributed by atoms with Gasteiger partial charge in [0.25, 0.3) is 5.91 Å². The maximum absolute atomic E-state index is 13.2. The summed E-state index contributed by atoms with van der Waals surface area (Å²) in [5, 5.41) is 10.2. The van der Waals surface area contributed by atoms with Crippen LogP contribution in [0.3, 0.4) is 0 Å². The summed E-state index contributed by atoms with van der Waals surface area (Å²) in [7, 11) is 0. The first kappa shape index (κ1) is 16.8. The zero-order valence-electron chi connectivity index (χ0n) is 15.4. The van der Waals surface area contributed by atoms with Gasteiger partial charge < -0.3 is 14.8 Å². The molecule has 5 rings (SSSR count). The van der Waals surface area contributed by atoms with Crippen molar-refractivity contribution in [1.29, 1.82) is 5.26 Å². The van der Waals surface area contributed by atoms with E-state index in [1.807, 2.05) is 17.2 Å². The quantitative estimate of drug-likeness (QED) is 0.747. The van der Waals surface area contributed by atoms with Crippen LogP contribution in [0.5, 0.6) is 0 Å². The van der Waals surface area contributed by atoms with Crippen molar-refractivity contribution in [3.05, 3.63) is 54.0 Å². The zero-order valence-corrected chi connectivity index (χ0v) is 15.4. The zero-order chi connectivity index (χ0) is 19.1. The first-order chi connectivity index (χ1) is 13.8. The lowest BCUT2D eigenvalue weighted by molar-refractivity contribution is 0.0608. The topological polar surface area (TPSA) is 88.9 Å². The third-order valence-electron chi connectivity index (χ3n) is 5.91. The van der Waals surface area contributed by atoms with Gasteiger partial charge in [-0.15, -0.1) is 0 Å². The van der Waals surface area contributed by atoms with E-state index in [0.29, 0.717) is 11.1 Å². The molecule has 1 N–H and O–H groups in total. The number of likely N-dealkylation sites (tertiary alicyclic amines) is 1. The molecule has 7 nitrogen and oxygen atoms in total. The standard InChI is InChI=1S/C21H20N6O/c22-12-14-3-1-4-15(11-14)21(28)27-9-2-5-17-18(27)7-10-26(17)20-16-6-8-23-19(16)24-13-25-20/h1,3-4,6,8,11,13,17-18H,2,5,7,9-10H2,(H,23,24,25)/t17-,18-/m1/s1. The van der Waals surface area contributed by atoms with E-state index in [2.05, 4.69) is 25.9 Å². The van der Waals surface area contributed by atoms with Crippen LogP contribution < -0.4 is 4.90 Å². The molecule has 1 amide bonds. The molecule has 0 radical (unpaired) electrons. The summed E-state index contributed by atoms with van der Waals surface area (Å²) in [5.41, 5.74) is 1.95. The van der Waals surface area contributed by atoms with Gasteiger partial charge in [0.1, 0.15) is 17.8 Å². The number of benzene rings is 1. The number of fused-ring (bicyclic) bond motifs is 2. The minimum Gasteiger partial charge on any atom is -0.351 e. The van der Waals surface area contributed by atoms with E-state index < -0.39 is 0 Å². The molecule has 4 heterocycles. The van der Waals surface area contributed by atoms with E-state index in [0.717, 1.165) is 49.2 Å². The summed E-state index contributed by atoms with van der Waals surface area (Å²) in [4.78, 5) is 29.5. The molecule has 2 fully saturated rings. The van der Waals surface area contributed by atoms with E-state index in [-0.39, 0.29) is 18.0 Å². The first-order valence-electron chi connectivity index (χ1n) is 9.62. The van der Waals surface area contributed by atoms with E-state index in [1.54, 1.807) is 30.6 Å². The van der Waals surface area contributed by atoms with Crippen molar-refractivity contribution in [1.82, 2.24) is 19.9 Å². The molecule has 2 saturated heterocycles. The van der Waals surface area contributed by atoms with Crippen LogP contribution >= 0.6 is 0 Å². The normalized spacial score (nSPS) is 21.5. The van der Waals surface area contributed by atoms with Crippen molar-refractivity contribution >= 4 is 22.8 Å². The number of aromatic nitrogens is 3. The van der Waals surface area contributed by atoms with Gasteiger partial charge in [0.05, 0.1) is 29.1 Å². The molecule has 0 spiro atoms. The van der Waals surface area contributed by atoms with E-state index >= 15 is 0 Å². The van der Waals surface area contributed by atoms with Crippen LogP contribution in [0.4, 0.5) is 5.82 Å². The van der Waals surface area contributed by atoms with Crippen molar-refractivity contribution in [2.75, 3.05) is 18.0 Å². The number of rotatable bonds is 2. The molecule has 7 heteroatoms. The Hall–Kier alpha value is -3.40. The molecule has 140 valence electrons. The Morgan fingerprint density at radius 1 is 1.18 bits per heavy atom. The molecule has 28 heavy (non-hydrogen) atoms. The highest BCUT2D eigenvalue weighted by Crippen LogP contribution is 2.36. The Labute approximate surface area is 162 Å². The molecule has 3 aromatic rings. The fourth-order valence-electron chi connectivity index (χ4n) is 4.68. The third-order valence-corrected chi connectivity index (χ3v) is 5.91. The van der Waals surface area contributed by atoms with Crippen molar-refractivity contribution in [3.63, 3.8) is 0 Å². The predicted octanol–water partition coefficient (Wildman–Crippen LogP) is 2.71. The summed E-state index contributed by atoms with van der Waals surface area (Å²) in [6.45, 7) is 1.63. The van der Waals surface area contributed by atoms with E-state index in [9.17, 15) is 4.79 Å². The molecule has 0 unspecified atom stereocenters. The first-order valence-corrected chi connectivity index (χ1v) is 9.62. The Balaban J connectivity index is 1.45. The molecule has 2 aliphatic heterocycles. The smallest absolute Gasteiger partial charge is 0.254 e. The van der Waals surface area contributed by atoms with Crippen molar-refractivity contribution in [3.8, 4) is 6.07 Å². The number of aromatic amines is 1. The third kappa shape index (κ3) is 2.61. The number of nitrogens with zero attached hydrogens (tertiary/aromatic N) is 5. The molecule has 2 aliphatic rings. The van der Waals surface area contributed by atoms with Crippen molar-refractivity contribution < 1.29 is 4.79 Å². The van der Waals surface area contributed by atoms with Gasteiger partial charge in [-0.1, -0.05) is 6.07 Å². The van der Waals surface area contributed by atoms with Crippen LogP contribution in [0.25, 0.3) is 11.0 Å². The van der Waals surface area contributed by atoms with Gasteiger partial charge in [-0.2, -0.15) is 5.26 Å². The van der Waals surface area contributed by atoms with Crippen LogP contribution in [0.2, 0.25) is 0 Å². The lowest BCUT2D eigenvalue weighted by Crippen LogP contribution is -2.52. The largest absolute Gasteiger partial charge is 0.351 e. The minimum atomic E-state index is 0.0168. The molecule has 2 atom stereocenters. The monoisotopic (exact) mass is 372 g/mol. The number of nitrogens with one attached hydrogen (secondary N) is 1. The lowest BCUT2D eigenvalue weighted by Gasteiger charge is -2.40. The number of carbonyl (C=O) groups is 1. The van der Waals surface area contributed by atoms with Gasteiger partial charge in [0, 0.05) is 24.8 Å². The summed E-state index contributed by atoms with van der Waals surface area (Å²) >= 11 is 0. The maximum atomic E-state index is 13.2. The summed E-state index contributed by atoms with van der Waals surface area (Å²) in [6.07, 6.45) is 6.41. The average molecular weight is 372 g/mol. The van der Waals surface area contributed by atoms with Crippen molar-refractivity contribution in [2.24, 2.45) is 0 Å². The number of nitriles is 1. The molecule has 0 saturated carbocycles. The maximum Gasteiger partial charge on any atom is 0.254 e. The van der Waals surface area contributed by atoms with Crippen LogP contribution in [0, 0.1) is 11.3 Å². The fourth-order valence-corrected chi connectivity index (χ4v) is 4.68. The second-order valence-corrected chi connectivity index (χ2v) is 7.39. The van der Waals surface area contributed by atoms with Gasteiger partial charge in [0.15, 0.2) is 0 Å². The van der Waals surface area contributed by atoms with Gasteiger partial charge in [0.2, 0.25) is 0 Å². The number of H-pyrrole nitrogens is 1. The van der Waals surface area contributed by atoms with Crippen LogP contribution in [-0.4, -0.2) is 50.9 Å². The molecule has 0 bridgehead atoms. The lowest BCUT2D eigenvalue weighted by atomic mass is 9.95. The number of anilines is 1. The van der Waals surface area contributed by atoms with Crippen LogP contribution in [0.15, 0.2) is 42.9 Å². The molecule has 0 aliphatic carbocycles. The molecular formula is C21H20N6O. The predicted molar refractivity (Wildman–Crippen MR) is 105 cm³/mol. The fraction of sp³-hybridized carbons (Fsp3) is 0.333. The Morgan fingerprint density at radius 3 is 3.00 bits per heavy atom. The van der Waals surface area contributed by atoms with Crippen LogP contribution in [-0.2, 0) is 0 Å². The van der Waals surface area contributed by atoms with Crippen LogP contribution in [0.1, 0.15) is 35.2 Å². The Morgan fingerprint density at radius 2 is 2.11 bits per heavy atom. The van der Waals surface area contributed by atoms with E-state index in [4.69, 9.17) is 5.26 Å². The highest BCUT2D eigenvalue weighted by Gasteiger charge is 2.43. The minimum absolute atomic E-state index is 0.0168. The molecule has 1 aromatic carbocycles. The second kappa shape index (κ2) is 6.64.